The summed E-state index contributed by atoms with van der Waals surface area (Å²) < 4.78 is 5.20. The number of aryl methyl sites for hydroxylation is 1. The number of hydrogen-bond acceptors (Lipinski definition) is 3. The van der Waals surface area contributed by atoms with Crippen molar-refractivity contribution in [2.75, 3.05) is 11.6 Å². The van der Waals surface area contributed by atoms with E-state index in [1.54, 1.807) is 24.8 Å². The monoisotopic (exact) mass is 323 g/mol. The zero-order valence-corrected chi connectivity index (χ0v) is 13.8. The fourth-order valence-electron chi connectivity index (χ4n) is 2.42. The van der Waals surface area contributed by atoms with E-state index >= 15 is 0 Å². The fourth-order valence-corrected chi connectivity index (χ4v) is 2.83. The van der Waals surface area contributed by atoms with Crippen molar-refractivity contribution in [3.8, 4) is 11.1 Å². The molecule has 0 atom stereocenters. The summed E-state index contributed by atoms with van der Waals surface area (Å²) >= 11 is 1.71. The molecule has 0 saturated heterocycles. The van der Waals surface area contributed by atoms with Crippen LogP contribution in [0.15, 0.2) is 70.2 Å². The molecule has 3 rings (SSSR count). The predicted molar refractivity (Wildman–Crippen MR) is 95.1 cm³/mol. The number of nitrogens with one attached hydrogen (secondary N) is 1. The van der Waals surface area contributed by atoms with Crippen molar-refractivity contribution in [2.24, 2.45) is 0 Å². The molecule has 1 N–H and O–H groups in total. The van der Waals surface area contributed by atoms with Gasteiger partial charge in [0.05, 0.1) is 11.8 Å². The van der Waals surface area contributed by atoms with Crippen LogP contribution in [0.2, 0.25) is 0 Å². The molecule has 0 aliphatic heterocycles. The van der Waals surface area contributed by atoms with E-state index in [4.69, 9.17) is 4.42 Å². The molecule has 0 unspecified atom stereocenters. The maximum atomic E-state index is 12.4. The number of carbonyl (C=O) groups is 1. The van der Waals surface area contributed by atoms with Crippen LogP contribution >= 0.6 is 11.8 Å². The number of rotatable bonds is 4. The predicted octanol–water partition coefficient (Wildman–Crippen LogP) is 5.23. The molecule has 1 heterocycles. The van der Waals surface area contributed by atoms with Gasteiger partial charge in [0.25, 0.3) is 5.91 Å². The number of carbonyl (C=O) groups excluding carboxylic acids is 1. The second-order valence-electron chi connectivity index (χ2n) is 5.12. The van der Waals surface area contributed by atoms with Crippen molar-refractivity contribution in [1.82, 2.24) is 0 Å². The van der Waals surface area contributed by atoms with Crippen LogP contribution in [0.1, 0.15) is 16.1 Å². The Morgan fingerprint density at radius 3 is 2.43 bits per heavy atom. The molecular formula is C19H17NO2S. The molecule has 4 heteroatoms. The minimum atomic E-state index is -0.163. The Morgan fingerprint density at radius 2 is 1.78 bits per heavy atom. The summed E-state index contributed by atoms with van der Waals surface area (Å²) in [7, 11) is 0. The summed E-state index contributed by atoms with van der Waals surface area (Å²) in [5.74, 6) is 0.453. The van der Waals surface area contributed by atoms with Gasteiger partial charge in [0.15, 0.2) is 0 Å². The first-order valence-corrected chi connectivity index (χ1v) is 8.50. The van der Waals surface area contributed by atoms with Crippen LogP contribution in [0, 0.1) is 6.92 Å². The highest BCUT2D eigenvalue weighted by Gasteiger charge is 2.13. The van der Waals surface area contributed by atoms with E-state index in [-0.39, 0.29) is 5.91 Å². The van der Waals surface area contributed by atoms with E-state index in [0.29, 0.717) is 11.3 Å². The van der Waals surface area contributed by atoms with Crippen LogP contribution in [-0.4, -0.2) is 12.2 Å². The molecule has 3 nitrogen and oxygen atoms in total. The second-order valence-corrected chi connectivity index (χ2v) is 6.00. The minimum absolute atomic E-state index is 0.163. The van der Waals surface area contributed by atoms with Gasteiger partial charge < -0.3 is 9.73 Å². The standard InChI is InChI=1S/C19H17NO2S/c1-13-16(11-12-22-13)19(21)20-18-6-4-3-5-17(18)14-7-9-15(23-2)10-8-14/h3-12H,1-2H3,(H,20,21). The van der Waals surface area contributed by atoms with Gasteiger partial charge in [0.1, 0.15) is 5.76 Å². The average molecular weight is 323 g/mol. The second kappa shape index (κ2) is 6.75. The molecule has 1 amide bonds. The van der Waals surface area contributed by atoms with Crippen LogP contribution in [0.25, 0.3) is 11.1 Å². The summed E-state index contributed by atoms with van der Waals surface area (Å²) in [5.41, 5.74) is 3.41. The van der Waals surface area contributed by atoms with Crippen LogP contribution in [-0.2, 0) is 0 Å². The number of furan rings is 1. The fraction of sp³-hybridized carbons (Fsp3) is 0.105. The lowest BCUT2D eigenvalue weighted by Crippen LogP contribution is -2.12. The van der Waals surface area contributed by atoms with Crippen LogP contribution in [0.5, 0.6) is 0 Å². The van der Waals surface area contributed by atoms with Gasteiger partial charge in [-0.2, -0.15) is 0 Å². The van der Waals surface area contributed by atoms with Crippen molar-refractivity contribution in [3.05, 3.63) is 72.2 Å². The molecule has 0 aliphatic carbocycles. The van der Waals surface area contributed by atoms with Crippen LogP contribution < -0.4 is 5.32 Å². The maximum absolute atomic E-state index is 12.4. The van der Waals surface area contributed by atoms with Gasteiger partial charge in [0, 0.05) is 16.1 Å². The molecule has 116 valence electrons. The Kier molecular flexibility index (Phi) is 4.53. The van der Waals surface area contributed by atoms with E-state index in [1.807, 2.05) is 24.3 Å². The molecule has 0 saturated carbocycles. The third-order valence-electron chi connectivity index (χ3n) is 3.68. The molecule has 3 aromatic rings. The number of amides is 1. The SMILES string of the molecule is CSc1ccc(-c2ccccc2NC(=O)c2ccoc2C)cc1. The molecule has 1 aromatic heterocycles. The summed E-state index contributed by atoms with van der Waals surface area (Å²) in [6.45, 7) is 1.78. The average Bonchev–Trinajstić information content (AvgIpc) is 3.02. The molecule has 0 spiro atoms. The Hall–Kier alpha value is -2.46. The third-order valence-corrected chi connectivity index (χ3v) is 4.42. The number of anilines is 1. The number of benzene rings is 2. The molecule has 2 aromatic carbocycles. The van der Waals surface area contributed by atoms with Crippen molar-refractivity contribution in [2.45, 2.75) is 11.8 Å². The number of hydrogen-bond donors (Lipinski definition) is 1. The Labute approximate surface area is 139 Å². The highest BCUT2D eigenvalue weighted by Crippen LogP contribution is 2.29. The Bertz CT molecular complexity index is 821. The van der Waals surface area contributed by atoms with Gasteiger partial charge in [-0.3, -0.25) is 4.79 Å². The number of para-hydroxylation sites is 1. The van der Waals surface area contributed by atoms with E-state index in [0.717, 1.165) is 16.8 Å². The molecule has 23 heavy (non-hydrogen) atoms. The molecule has 0 aliphatic rings. The summed E-state index contributed by atoms with van der Waals surface area (Å²) in [4.78, 5) is 13.6. The van der Waals surface area contributed by atoms with Crippen molar-refractivity contribution >= 4 is 23.4 Å². The largest absolute Gasteiger partial charge is 0.469 e. The molecule has 0 fully saturated rings. The van der Waals surface area contributed by atoms with Gasteiger partial charge in [-0.05, 0) is 43.0 Å². The van der Waals surface area contributed by atoms with E-state index in [1.165, 1.54) is 11.2 Å². The molecular weight excluding hydrogens is 306 g/mol. The molecule has 0 radical (unpaired) electrons. The third kappa shape index (κ3) is 3.32. The van der Waals surface area contributed by atoms with Gasteiger partial charge >= 0.3 is 0 Å². The Balaban J connectivity index is 1.91. The quantitative estimate of drug-likeness (QED) is 0.669. The maximum Gasteiger partial charge on any atom is 0.259 e. The van der Waals surface area contributed by atoms with Gasteiger partial charge in [0.2, 0.25) is 0 Å². The zero-order chi connectivity index (χ0) is 16.2. The van der Waals surface area contributed by atoms with Crippen molar-refractivity contribution in [1.29, 1.82) is 0 Å². The topological polar surface area (TPSA) is 42.2 Å². The molecule has 0 bridgehead atoms. The summed E-state index contributed by atoms with van der Waals surface area (Å²) in [6.07, 6.45) is 3.58. The van der Waals surface area contributed by atoms with E-state index in [9.17, 15) is 4.79 Å². The van der Waals surface area contributed by atoms with Crippen molar-refractivity contribution in [3.63, 3.8) is 0 Å². The number of thioether (sulfide) groups is 1. The summed E-state index contributed by atoms with van der Waals surface area (Å²) in [6, 6.07) is 17.8. The smallest absolute Gasteiger partial charge is 0.259 e. The van der Waals surface area contributed by atoms with Gasteiger partial charge in [-0.25, -0.2) is 0 Å². The normalized spacial score (nSPS) is 10.5. The van der Waals surface area contributed by atoms with Crippen molar-refractivity contribution < 1.29 is 9.21 Å². The van der Waals surface area contributed by atoms with E-state index < -0.39 is 0 Å². The van der Waals surface area contributed by atoms with E-state index in [2.05, 4.69) is 35.8 Å². The zero-order valence-electron chi connectivity index (χ0n) is 13.0. The lowest BCUT2D eigenvalue weighted by atomic mass is 10.0. The van der Waals surface area contributed by atoms with Crippen LogP contribution in [0.3, 0.4) is 0 Å². The lowest BCUT2D eigenvalue weighted by Gasteiger charge is -2.11. The lowest BCUT2D eigenvalue weighted by molar-refractivity contribution is 0.102. The van der Waals surface area contributed by atoms with Gasteiger partial charge in [-0.1, -0.05) is 30.3 Å². The first kappa shape index (κ1) is 15.4. The first-order valence-electron chi connectivity index (χ1n) is 7.28. The highest BCUT2D eigenvalue weighted by atomic mass is 32.2. The highest BCUT2D eigenvalue weighted by molar-refractivity contribution is 7.98. The first-order chi connectivity index (χ1) is 11.2. The summed E-state index contributed by atoms with van der Waals surface area (Å²) in [5, 5.41) is 2.98. The minimum Gasteiger partial charge on any atom is -0.469 e. The Morgan fingerprint density at radius 1 is 1.04 bits per heavy atom. The van der Waals surface area contributed by atoms with Crippen LogP contribution in [0.4, 0.5) is 5.69 Å². The van der Waals surface area contributed by atoms with Gasteiger partial charge in [-0.15, -0.1) is 11.8 Å².